The summed E-state index contributed by atoms with van der Waals surface area (Å²) in [6.45, 7) is 0. The second-order valence-electron chi connectivity index (χ2n) is 1.84. The van der Waals surface area contributed by atoms with Crippen molar-refractivity contribution in [2.45, 2.75) is 29.4 Å². The fraction of sp³-hybridized carbons (Fsp3) is 0.833. The number of hydrogen-bond acceptors (Lipinski definition) is 1. The third kappa shape index (κ3) is 8.63. The van der Waals surface area contributed by atoms with Gasteiger partial charge in [-0.25, -0.2) is 0 Å². The molecule has 0 saturated heterocycles. The number of alkyl halides is 2. The van der Waals surface area contributed by atoms with Crippen molar-refractivity contribution < 1.29 is 4.79 Å². The second kappa shape index (κ2) is 6.75. The van der Waals surface area contributed by atoms with Gasteiger partial charge >= 0.3 is 0 Å². The number of rotatable bonds is 5. The number of unbranched alkanes of at least 4 members (excludes halogenated alkanes) is 2. The largest absolute Gasteiger partial charge is 0.303 e. The Kier molecular flexibility index (Phi) is 7.22. The Morgan fingerprint density at radius 3 is 2.44 bits per heavy atom. The van der Waals surface area contributed by atoms with Crippen LogP contribution in [0.4, 0.5) is 0 Å². The molecule has 0 amide bonds. The number of halogens is 2. The predicted molar refractivity (Wildman–Crippen MR) is 46.2 cm³/mol. The van der Waals surface area contributed by atoms with Gasteiger partial charge in [0.05, 0.1) is 3.74 Å². The summed E-state index contributed by atoms with van der Waals surface area (Å²) in [6.07, 6.45) is 4.88. The van der Waals surface area contributed by atoms with E-state index >= 15 is 0 Å². The van der Waals surface area contributed by atoms with E-state index in [-0.39, 0.29) is 0 Å². The van der Waals surface area contributed by atoms with Crippen LogP contribution in [0.25, 0.3) is 0 Å². The average molecular weight is 258 g/mol. The van der Waals surface area contributed by atoms with Crippen molar-refractivity contribution in [3.8, 4) is 0 Å². The van der Waals surface area contributed by atoms with E-state index < -0.39 is 0 Å². The number of carbonyl (C=O) groups excluding carboxylic acids is 1. The molecule has 0 aromatic heterocycles. The number of hydrogen-bond donors (Lipinski definition) is 0. The summed E-state index contributed by atoms with van der Waals surface area (Å²) in [7, 11) is 0. The van der Waals surface area contributed by atoms with Crippen LogP contribution >= 0.6 is 31.9 Å². The zero-order chi connectivity index (χ0) is 7.11. The molecule has 0 fully saturated rings. The van der Waals surface area contributed by atoms with Crippen molar-refractivity contribution in [1.29, 1.82) is 0 Å². The van der Waals surface area contributed by atoms with E-state index in [0.717, 1.165) is 25.5 Å². The van der Waals surface area contributed by atoms with Crippen LogP contribution in [0, 0.1) is 0 Å². The molecule has 0 aliphatic carbocycles. The monoisotopic (exact) mass is 256 g/mol. The van der Waals surface area contributed by atoms with Crippen LogP contribution in [-0.2, 0) is 4.79 Å². The molecule has 0 bridgehead atoms. The Bertz CT molecular complexity index is 73.5. The normalized spacial score (nSPS) is 10.1. The molecular formula is C6H10Br2O. The third-order valence-electron chi connectivity index (χ3n) is 0.994. The fourth-order valence-electron chi connectivity index (χ4n) is 0.526. The van der Waals surface area contributed by atoms with E-state index in [2.05, 4.69) is 31.9 Å². The van der Waals surface area contributed by atoms with Crippen molar-refractivity contribution in [2.75, 3.05) is 0 Å². The first kappa shape index (κ1) is 9.63. The molecule has 0 atom stereocenters. The third-order valence-corrected chi connectivity index (χ3v) is 1.91. The molecule has 1 nitrogen and oxygen atoms in total. The highest BCUT2D eigenvalue weighted by molar-refractivity contribution is 9.24. The standard InChI is InChI=1S/C6H10Br2O/c7-6(8)4-2-1-3-5-9/h5-6H,1-4H2. The lowest BCUT2D eigenvalue weighted by Crippen LogP contribution is -1.85. The predicted octanol–water partition coefficient (Wildman–Crippen LogP) is 2.86. The molecule has 9 heavy (non-hydrogen) atoms. The smallest absolute Gasteiger partial charge is 0.119 e. The summed E-state index contributed by atoms with van der Waals surface area (Å²) < 4.78 is 0.414. The molecular weight excluding hydrogens is 248 g/mol. The zero-order valence-electron chi connectivity index (χ0n) is 5.15. The number of carbonyl (C=O) groups is 1. The SMILES string of the molecule is O=CCCCCC(Br)Br. The van der Waals surface area contributed by atoms with Crippen LogP contribution in [-0.4, -0.2) is 10.0 Å². The van der Waals surface area contributed by atoms with Crippen molar-refractivity contribution in [3.05, 3.63) is 0 Å². The molecule has 0 unspecified atom stereocenters. The van der Waals surface area contributed by atoms with Crippen LogP contribution in [0.2, 0.25) is 0 Å². The van der Waals surface area contributed by atoms with Gasteiger partial charge in [0.2, 0.25) is 0 Å². The first-order valence-corrected chi connectivity index (χ1v) is 4.82. The van der Waals surface area contributed by atoms with Crippen molar-refractivity contribution in [2.24, 2.45) is 0 Å². The van der Waals surface area contributed by atoms with E-state index in [4.69, 9.17) is 0 Å². The fourth-order valence-corrected chi connectivity index (χ4v) is 1.17. The molecule has 0 rings (SSSR count). The van der Waals surface area contributed by atoms with Crippen LogP contribution in [0.5, 0.6) is 0 Å². The molecule has 0 spiro atoms. The Labute approximate surface area is 72.5 Å². The average Bonchev–Trinajstić information content (AvgIpc) is 1.80. The summed E-state index contributed by atoms with van der Waals surface area (Å²) in [5, 5.41) is 0. The maximum Gasteiger partial charge on any atom is 0.119 e. The van der Waals surface area contributed by atoms with Gasteiger partial charge in [-0.2, -0.15) is 0 Å². The quantitative estimate of drug-likeness (QED) is 0.421. The van der Waals surface area contributed by atoms with Crippen LogP contribution in [0.3, 0.4) is 0 Å². The summed E-state index contributed by atoms with van der Waals surface area (Å²) >= 11 is 6.71. The lowest BCUT2D eigenvalue weighted by atomic mass is 10.2. The molecule has 0 aromatic carbocycles. The summed E-state index contributed by atoms with van der Waals surface area (Å²) in [5.74, 6) is 0. The minimum atomic E-state index is 0.414. The van der Waals surface area contributed by atoms with E-state index in [1.54, 1.807) is 0 Å². The minimum absolute atomic E-state index is 0.414. The zero-order valence-corrected chi connectivity index (χ0v) is 8.32. The van der Waals surface area contributed by atoms with Gasteiger partial charge < -0.3 is 4.79 Å². The lowest BCUT2D eigenvalue weighted by Gasteiger charge is -1.97. The van der Waals surface area contributed by atoms with E-state index in [1.165, 1.54) is 0 Å². The van der Waals surface area contributed by atoms with Gasteiger partial charge in [-0.05, 0) is 12.8 Å². The first-order valence-electron chi connectivity index (χ1n) is 2.99. The molecule has 0 aliphatic rings. The Morgan fingerprint density at radius 2 is 2.00 bits per heavy atom. The molecule has 0 aliphatic heterocycles. The first-order chi connectivity index (χ1) is 4.27. The number of aldehydes is 1. The van der Waals surface area contributed by atoms with Crippen LogP contribution in [0.15, 0.2) is 0 Å². The summed E-state index contributed by atoms with van der Waals surface area (Å²) in [5.41, 5.74) is 0. The highest BCUT2D eigenvalue weighted by atomic mass is 79.9. The van der Waals surface area contributed by atoms with Gasteiger partial charge in [-0.3, -0.25) is 0 Å². The molecule has 54 valence electrons. The summed E-state index contributed by atoms with van der Waals surface area (Å²) in [6, 6.07) is 0. The van der Waals surface area contributed by atoms with Gasteiger partial charge in [0.15, 0.2) is 0 Å². The molecule has 3 heteroatoms. The van der Waals surface area contributed by atoms with Gasteiger partial charge in [0, 0.05) is 6.42 Å². The van der Waals surface area contributed by atoms with Crippen LogP contribution in [0.1, 0.15) is 25.7 Å². The highest BCUT2D eigenvalue weighted by Crippen LogP contribution is 2.15. The Balaban J connectivity index is 2.82. The topological polar surface area (TPSA) is 17.1 Å². The maximum absolute atomic E-state index is 9.83. The lowest BCUT2D eigenvalue weighted by molar-refractivity contribution is -0.107. The minimum Gasteiger partial charge on any atom is -0.303 e. The van der Waals surface area contributed by atoms with E-state index in [0.29, 0.717) is 10.2 Å². The molecule has 0 N–H and O–H groups in total. The van der Waals surface area contributed by atoms with Crippen molar-refractivity contribution >= 4 is 38.1 Å². The van der Waals surface area contributed by atoms with Gasteiger partial charge in [0.1, 0.15) is 6.29 Å². The second-order valence-corrected chi connectivity index (χ2v) is 5.28. The molecule has 0 heterocycles. The maximum atomic E-state index is 9.83. The highest BCUT2D eigenvalue weighted by Gasteiger charge is 1.95. The van der Waals surface area contributed by atoms with E-state index in [1.807, 2.05) is 0 Å². The van der Waals surface area contributed by atoms with Gasteiger partial charge in [-0.1, -0.05) is 38.3 Å². The van der Waals surface area contributed by atoms with Crippen molar-refractivity contribution in [1.82, 2.24) is 0 Å². The summed E-state index contributed by atoms with van der Waals surface area (Å²) in [4.78, 5) is 9.83. The van der Waals surface area contributed by atoms with Crippen molar-refractivity contribution in [3.63, 3.8) is 0 Å². The van der Waals surface area contributed by atoms with Gasteiger partial charge in [0.25, 0.3) is 0 Å². The molecule has 0 radical (unpaired) electrons. The Hall–Kier alpha value is 0.630. The van der Waals surface area contributed by atoms with Crippen LogP contribution < -0.4 is 0 Å². The molecule has 0 saturated carbocycles. The Morgan fingerprint density at radius 1 is 1.33 bits per heavy atom. The molecule has 0 aromatic rings. The van der Waals surface area contributed by atoms with E-state index in [9.17, 15) is 4.79 Å². The van der Waals surface area contributed by atoms with Gasteiger partial charge in [-0.15, -0.1) is 0 Å².